The Morgan fingerprint density at radius 3 is 2.83 bits per heavy atom. The number of thiazole rings is 1. The van der Waals surface area contributed by atoms with Gasteiger partial charge in [0.2, 0.25) is 0 Å². The summed E-state index contributed by atoms with van der Waals surface area (Å²) >= 11 is 1.45. The third kappa shape index (κ3) is 2.87. The number of para-hydroxylation sites is 1. The SMILES string of the molecule is O=C(Nc1nc2ccccc2s1)c1cc(N2CCCC2)ncn1. The average Bonchev–Trinajstić information content (AvgIpc) is 3.24. The number of carbonyl (C=O) groups is 1. The lowest BCUT2D eigenvalue weighted by atomic mass is 10.3. The molecule has 2 aromatic heterocycles. The number of nitrogens with zero attached hydrogens (tertiary/aromatic N) is 4. The highest BCUT2D eigenvalue weighted by Gasteiger charge is 2.17. The lowest BCUT2D eigenvalue weighted by Gasteiger charge is -2.16. The number of amides is 1. The van der Waals surface area contributed by atoms with Crippen molar-refractivity contribution in [2.45, 2.75) is 12.8 Å². The maximum Gasteiger partial charge on any atom is 0.276 e. The van der Waals surface area contributed by atoms with Crippen molar-refractivity contribution in [1.82, 2.24) is 15.0 Å². The lowest BCUT2D eigenvalue weighted by Crippen LogP contribution is -2.21. The first kappa shape index (κ1) is 14.1. The molecular formula is C16H15N5OS. The molecule has 0 bridgehead atoms. The van der Waals surface area contributed by atoms with Crippen LogP contribution in [0.2, 0.25) is 0 Å². The first-order valence-electron chi connectivity index (χ1n) is 7.53. The van der Waals surface area contributed by atoms with Crippen molar-refractivity contribution in [3.05, 3.63) is 42.4 Å². The Hall–Kier alpha value is -2.54. The van der Waals surface area contributed by atoms with Crippen LogP contribution in [0.25, 0.3) is 10.2 Å². The van der Waals surface area contributed by atoms with Gasteiger partial charge in [0.15, 0.2) is 5.13 Å². The molecule has 1 amide bonds. The van der Waals surface area contributed by atoms with E-state index in [2.05, 4.69) is 25.2 Å². The highest BCUT2D eigenvalue weighted by Crippen LogP contribution is 2.26. The zero-order chi connectivity index (χ0) is 15.6. The molecule has 1 fully saturated rings. The van der Waals surface area contributed by atoms with Crippen molar-refractivity contribution in [3.63, 3.8) is 0 Å². The van der Waals surface area contributed by atoms with Gasteiger partial charge in [-0.3, -0.25) is 10.1 Å². The highest BCUT2D eigenvalue weighted by molar-refractivity contribution is 7.22. The van der Waals surface area contributed by atoms with Crippen LogP contribution < -0.4 is 10.2 Å². The molecule has 0 aliphatic carbocycles. The fourth-order valence-electron chi connectivity index (χ4n) is 2.68. The van der Waals surface area contributed by atoms with Crippen molar-refractivity contribution in [2.75, 3.05) is 23.3 Å². The Labute approximate surface area is 137 Å². The van der Waals surface area contributed by atoms with Gasteiger partial charge in [0.05, 0.1) is 10.2 Å². The number of rotatable bonds is 3. The Bertz CT molecular complexity index is 823. The van der Waals surface area contributed by atoms with Crippen molar-refractivity contribution in [3.8, 4) is 0 Å². The van der Waals surface area contributed by atoms with Gasteiger partial charge in [0.25, 0.3) is 5.91 Å². The Morgan fingerprint density at radius 1 is 1.17 bits per heavy atom. The molecule has 3 heterocycles. The van der Waals surface area contributed by atoms with Gasteiger partial charge in [-0.2, -0.15) is 0 Å². The second kappa shape index (κ2) is 5.92. The van der Waals surface area contributed by atoms with E-state index >= 15 is 0 Å². The molecule has 3 aromatic rings. The molecular weight excluding hydrogens is 310 g/mol. The second-order valence-corrected chi connectivity index (χ2v) is 6.43. The van der Waals surface area contributed by atoms with E-state index in [-0.39, 0.29) is 5.91 Å². The van der Waals surface area contributed by atoms with Gasteiger partial charge in [-0.15, -0.1) is 0 Å². The number of carbonyl (C=O) groups excluding carboxylic acids is 1. The minimum atomic E-state index is -0.257. The molecule has 1 N–H and O–H groups in total. The summed E-state index contributed by atoms with van der Waals surface area (Å²) in [6, 6.07) is 9.55. The Morgan fingerprint density at radius 2 is 2.00 bits per heavy atom. The largest absolute Gasteiger partial charge is 0.357 e. The summed E-state index contributed by atoms with van der Waals surface area (Å²) in [4.78, 5) is 27.3. The normalized spacial score (nSPS) is 14.3. The predicted molar refractivity (Wildman–Crippen MR) is 91.1 cm³/mol. The van der Waals surface area contributed by atoms with Crippen LogP contribution in [-0.2, 0) is 0 Å². The van der Waals surface area contributed by atoms with Gasteiger partial charge >= 0.3 is 0 Å². The van der Waals surface area contributed by atoms with Crippen molar-refractivity contribution in [1.29, 1.82) is 0 Å². The van der Waals surface area contributed by atoms with Gasteiger partial charge in [-0.05, 0) is 25.0 Å². The highest BCUT2D eigenvalue weighted by atomic mass is 32.1. The monoisotopic (exact) mass is 325 g/mol. The van der Waals surface area contributed by atoms with Crippen LogP contribution in [0.4, 0.5) is 10.9 Å². The number of benzene rings is 1. The fraction of sp³-hybridized carbons (Fsp3) is 0.250. The summed E-state index contributed by atoms with van der Waals surface area (Å²) in [5.74, 6) is 0.554. The minimum Gasteiger partial charge on any atom is -0.357 e. The molecule has 0 atom stereocenters. The number of fused-ring (bicyclic) bond motifs is 1. The van der Waals surface area contributed by atoms with Gasteiger partial charge in [-0.25, -0.2) is 15.0 Å². The van der Waals surface area contributed by atoms with Crippen LogP contribution >= 0.6 is 11.3 Å². The topological polar surface area (TPSA) is 71.0 Å². The maximum atomic E-state index is 12.4. The van der Waals surface area contributed by atoms with Crippen LogP contribution in [-0.4, -0.2) is 33.9 Å². The predicted octanol–water partition coefficient (Wildman–Crippen LogP) is 2.94. The van der Waals surface area contributed by atoms with Gasteiger partial charge in [0.1, 0.15) is 17.8 Å². The Balaban J connectivity index is 1.55. The smallest absolute Gasteiger partial charge is 0.276 e. The molecule has 0 spiro atoms. The molecule has 116 valence electrons. The van der Waals surface area contributed by atoms with Crippen LogP contribution in [0.15, 0.2) is 36.7 Å². The molecule has 0 unspecified atom stereocenters. The second-order valence-electron chi connectivity index (χ2n) is 5.40. The van der Waals surface area contributed by atoms with Gasteiger partial charge in [0, 0.05) is 19.2 Å². The summed E-state index contributed by atoms with van der Waals surface area (Å²) in [5.41, 5.74) is 1.24. The minimum absolute atomic E-state index is 0.257. The maximum absolute atomic E-state index is 12.4. The number of nitrogens with one attached hydrogen (secondary N) is 1. The molecule has 7 heteroatoms. The van der Waals surface area contributed by atoms with E-state index in [1.54, 1.807) is 6.07 Å². The van der Waals surface area contributed by atoms with E-state index in [4.69, 9.17) is 0 Å². The van der Waals surface area contributed by atoms with Crippen molar-refractivity contribution in [2.24, 2.45) is 0 Å². The molecule has 0 radical (unpaired) electrons. The third-order valence-electron chi connectivity index (χ3n) is 3.83. The summed E-state index contributed by atoms with van der Waals surface area (Å²) < 4.78 is 1.04. The number of hydrogen-bond acceptors (Lipinski definition) is 6. The van der Waals surface area contributed by atoms with Crippen LogP contribution in [0.3, 0.4) is 0 Å². The quantitative estimate of drug-likeness (QED) is 0.801. The Kier molecular flexibility index (Phi) is 3.63. The first-order chi connectivity index (χ1) is 11.3. The van der Waals surface area contributed by atoms with Crippen LogP contribution in [0.1, 0.15) is 23.3 Å². The van der Waals surface area contributed by atoms with E-state index in [0.29, 0.717) is 10.8 Å². The summed E-state index contributed by atoms with van der Waals surface area (Å²) in [6.07, 6.45) is 3.77. The summed E-state index contributed by atoms with van der Waals surface area (Å²) in [6.45, 7) is 1.96. The molecule has 4 rings (SSSR count). The van der Waals surface area contributed by atoms with Crippen LogP contribution in [0, 0.1) is 0 Å². The van der Waals surface area contributed by atoms with E-state index in [1.807, 2.05) is 24.3 Å². The standard InChI is InChI=1S/C16H15N5OS/c22-15(20-16-19-11-5-1-2-6-13(11)23-16)12-9-14(18-10-17-12)21-7-3-4-8-21/h1-2,5-6,9-10H,3-4,7-8H2,(H,19,20,22). The van der Waals surface area contributed by atoms with Gasteiger partial charge < -0.3 is 4.90 Å². The van der Waals surface area contributed by atoms with E-state index in [0.717, 1.165) is 42.0 Å². The number of aromatic nitrogens is 3. The molecule has 1 aliphatic rings. The zero-order valence-corrected chi connectivity index (χ0v) is 13.2. The van der Waals surface area contributed by atoms with Gasteiger partial charge in [-0.1, -0.05) is 23.5 Å². The lowest BCUT2D eigenvalue weighted by molar-refractivity contribution is 0.102. The van der Waals surface area contributed by atoms with Crippen molar-refractivity contribution >= 4 is 38.4 Å². The number of hydrogen-bond donors (Lipinski definition) is 1. The van der Waals surface area contributed by atoms with E-state index < -0.39 is 0 Å². The summed E-state index contributed by atoms with van der Waals surface area (Å²) in [5, 5.41) is 3.41. The molecule has 0 saturated carbocycles. The van der Waals surface area contributed by atoms with E-state index in [9.17, 15) is 4.79 Å². The summed E-state index contributed by atoms with van der Waals surface area (Å²) in [7, 11) is 0. The van der Waals surface area contributed by atoms with Crippen LogP contribution in [0.5, 0.6) is 0 Å². The van der Waals surface area contributed by atoms with E-state index in [1.165, 1.54) is 17.7 Å². The first-order valence-corrected chi connectivity index (χ1v) is 8.35. The zero-order valence-electron chi connectivity index (χ0n) is 12.4. The molecule has 1 saturated heterocycles. The molecule has 1 aliphatic heterocycles. The van der Waals surface area contributed by atoms with Crippen molar-refractivity contribution < 1.29 is 4.79 Å². The molecule has 1 aromatic carbocycles. The molecule has 6 nitrogen and oxygen atoms in total. The number of anilines is 2. The fourth-order valence-corrected chi connectivity index (χ4v) is 3.54. The average molecular weight is 325 g/mol. The third-order valence-corrected chi connectivity index (χ3v) is 4.78. The molecule has 23 heavy (non-hydrogen) atoms.